The van der Waals surface area contributed by atoms with E-state index >= 15 is 0 Å². The van der Waals surface area contributed by atoms with Gasteiger partial charge in [0.05, 0.1) is 21.5 Å². The molecule has 3 rings (SSSR count). The Morgan fingerprint density at radius 1 is 1.32 bits per heavy atom. The van der Waals surface area contributed by atoms with E-state index < -0.39 is 0 Å². The van der Waals surface area contributed by atoms with Crippen molar-refractivity contribution in [2.45, 2.75) is 10.1 Å². The molecule has 6 heteroatoms. The minimum Gasteiger partial charge on any atom is -0.399 e. The Kier molecular flexibility index (Phi) is 2.82. The summed E-state index contributed by atoms with van der Waals surface area (Å²) in [5.41, 5.74) is 8.72. The maximum Gasteiger partial charge on any atom is 0.171 e. The lowest BCUT2D eigenvalue weighted by Gasteiger charge is -1.98. The van der Waals surface area contributed by atoms with E-state index in [2.05, 4.69) is 21.0 Å². The second kappa shape index (κ2) is 4.63. The standard InChI is InChI=1S/C13H9N5S/c14-6-8-3-4-16-7-12(8)19-13-17-10-2-1-9(15)5-11(10)18-13/h1-5,7H,15H2,(H,17,18). The fraction of sp³-hybridized carbons (Fsp3) is 0. The van der Waals surface area contributed by atoms with Gasteiger partial charge in [-0.2, -0.15) is 5.26 Å². The third kappa shape index (κ3) is 2.23. The van der Waals surface area contributed by atoms with E-state index in [1.54, 1.807) is 18.5 Å². The molecular formula is C13H9N5S. The number of pyridine rings is 1. The Bertz CT molecular complexity index is 787. The lowest BCUT2D eigenvalue weighted by atomic mass is 10.3. The average molecular weight is 267 g/mol. The molecule has 3 N–H and O–H groups in total. The van der Waals surface area contributed by atoms with Crippen molar-refractivity contribution in [3.8, 4) is 6.07 Å². The van der Waals surface area contributed by atoms with E-state index in [0.717, 1.165) is 15.9 Å². The molecule has 2 heterocycles. The van der Waals surface area contributed by atoms with Crippen LogP contribution >= 0.6 is 11.8 Å². The van der Waals surface area contributed by atoms with Crippen molar-refractivity contribution in [2.24, 2.45) is 0 Å². The number of nitriles is 1. The minimum atomic E-state index is 0.583. The number of anilines is 1. The largest absolute Gasteiger partial charge is 0.399 e. The summed E-state index contributed by atoms with van der Waals surface area (Å²) in [7, 11) is 0. The molecule has 0 spiro atoms. The first-order valence-corrected chi connectivity index (χ1v) is 6.35. The summed E-state index contributed by atoms with van der Waals surface area (Å²) in [6.07, 6.45) is 3.26. The van der Waals surface area contributed by atoms with E-state index in [1.807, 2.05) is 18.2 Å². The summed E-state index contributed by atoms with van der Waals surface area (Å²) in [5.74, 6) is 0. The van der Waals surface area contributed by atoms with E-state index in [4.69, 9.17) is 11.0 Å². The van der Waals surface area contributed by atoms with Gasteiger partial charge in [-0.1, -0.05) is 0 Å². The average Bonchev–Trinajstić information content (AvgIpc) is 2.80. The van der Waals surface area contributed by atoms with E-state index in [1.165, 1.54) is 11.8 Å². The highest BCUT2D eigenvalue weighted by atomic mass is 32.2. The molecule has 5 nitrogen and oxygen atoms in total. The Balaban J connectivity index is 1.99. The molecule has 0 saturated heterocycles. The Labute approximate surface area is 113 Å². The molecule has 0 atom stereocenters. The van der Waals surface area contributed by atoms with Crippen LogP contribution in [0.2, 0.25) is 0 Å². The zero-order valence-electron chi connectivity index (χ0n) is 9.79. The first-order valence-electron chi connectivity index (χ1n) is 5.53. The molecule has 0 unspecified atom stereocenters. The number of rotatable bonds is 2. The minimum absolute atomic E-state index is 0.583. The maximum absolute atomic E-state index is 9.03. The molecule has 1 aromatic carbocycles. The van der Waals surface area contributed by atoms with Crippen molar-refractivity contribution in [1.29, 1.82) is 5.26 Å². The van der Waals surface area contributed by atoms with Gasteiger partial charge in [0, 0.05) is 18.1 Å². The summed E-state index contributed by atoms with van der Waals surface area (Å²) in [6, 6.07) is 9.32. The Morgan fingerprint density at radius 3 is 3.05 bits per heavy atom. The predicted octanol–water partition coefficient (Wildman–Crippen LogP) is 2.56. The molecule has 2 aromatic heterocycles. The fourth-order valence-electron chi connectivity index (χ4n) is 1.71. The molecule has 0 aliphatic carbocycles. The molecule has 0 bridgehead atoms. The van der Waals surface area contributed by atoms with Crippen molar-refractivity contribution < 1.29 is 0 Å². The lowest BCUT2D eigenvalue weighted by molar-refractivity contribution is 1.07. The van der Waals surface area contributed by atoms with Crippen LogP contribution in [0.4, 0.5) is 5.69 Å². The summed E-state index contributed by atoms with van der Waals surface area (Å²) < 4.78 is 0. The SMILES string of the molecule is N#Cc1ccncc1Sc1nc2ccc(N)cc2[nH]1. The number of hydrogen-bond acceptors (Lipinski definition) is 5. The third-order valence-electron chi connectivity index (χ3n) is 2.60. The number of benzene rings is 1. The highest BCUT2D eigenvalue weighted by molar-refractivity contribution is 7.99. The van der Waals surface area contributed by atoms with Crippen molar-refractivity contribution in [3.63, 3.8) is 0 Å². The van der Waals surface area contributed by atoms with Gasteiger partial charge < -0.3 is 10.7 Å². The van der Waals surface area contributed by atoms with Gasteiger partial charge in [-0.15, -0.1) is 0 Å². The quantitative estimate of drug-likeness (QED) is 0.696. The first-order chi connectivity index (χ1) is 9.26. The smallest absolute Gasteiger partial charge is 0.171 e. The molecule has 0 radical (unpaired) electrons. The van der Waals surface area contributed by atoms with Crippen LogP contribution in [0.5, 0.6) is 0 Å². The number of H-pyrrole nitrogens is 1. The number of hydrogen-bond donors (Lipinski definition) is 2. The van der Waals surface area contributed by atoms with Crippen LogP contribution in [0, 0.1) is 11.3 Å². The van der Waals surface area contributed by atoms with Gasteiger partial charge in [-0.3, -0.25) is 4.98 Å². The number of nitrogens with two attached hydrogens (primary N) is 1. The number of nitrogen functional groups attached to an aromatic ring is 1. The Morgan fingerprint density at radius 2 is 2.21 bits per heavy atom. The molecule has 0 amide bonds. The molecule has 92 valence electrons. The van der Waals surface area contributed by atoms with E-state index in [-0.39, 0.29) is 0 Å². The van der Waals surface area contributed by atoms with Crippen LogP contribution in [-0.4, -0.2) is 15.0 Å². The van der Waals surface area contributed by atoms with Crippen molar-refractivity contribution in [3.05, 3.63) is 42.2 Å². The number of aromatic nitrogens is 3. The van der Waals surface area contributed by atoms with Crippen LogP contribution in [0.1, 0.15) is 5.56 Å². The van der Waals surface area contributed by atoms with Gasteiger partial charge in [0.25, 0.3) is 0 Å². The summed E-state index contributed by atoms with van der Waals surface area (Å²) in [6.45, 7) is 0. The summed E-state index contributed by atoms with van der Waals surface area (Å²) in [5, 5.41) is 9.75. The maximum atomic E-state index is 9.03. The van der Waals surface area contributed by atoms with Crippen molar-refractivity contribution >= 4 is 28.5 Å². The van der Waals surface area contributed by atoms with E-state index in [9.17, 15) is 0 Å². The van der Waals surface area contributed by atoms with Gasteiger partial charge in [0.15, 0.2) is 5.16 Å². The summed E-state index contributed by atoms with van der Waals surface area (Å²) >= 11 is 1.38. The van der Waals surface area contributed by atoms with Gasteiger partial charge in [-0.25, -0.2) is 4.98 Å². The van der Waals surface area contributed by atoms with Crippen molar-refractivity contribution in [1.82, 2.24) is 15.0 Å². The second-order valence-electron chi connectivity index (χ2n) is 3.90. The number of nitrogens with one attached hydrogen (secondary N) is 1. The topological polar surface area (TPSA) is 91.4 Å². The monoisotopic (exact) mass is 267 g/mol. The van der Waals surface area contributed by atoms with E-state index in [0.29, 0.717) is 16.4 Å². The van der Waals surface area contributed by atoms with Crippen LogP contribution in [0.15, 0.2) is 46.7 Å². The third-order valence-corrected chi connectivity index (χ3v) is 3.53. The van der Waals surface area contributed by atoms with Gasteiger partial charge >= 0.3 is 0 Å². The number of imidazole rings is 1. The van der Waals surface area contributed by atoms with Crippen LogP contribution in [-0.2, 0) is 0 Å². The highest BCUT2D eigenvalue weighted by Crippen LogP contribution is 2.29. The molecular weight excluding hydrogens is 258 g/mol. The molecule has 3 aromatic rings. The molecule has 0 saturated carbocycles. The summed E-state index contributed by atoms with van der Waals surface area (Å²) in [4.78, 5) is 12.4. The lowest BCUT2D eigenvalue weighted by Crippen LogP contribution is -1.83. The highest BCUT2D eigenvalue weighted by Gasteiger charge is 2.08. The fourth-order valence-corrected chi connectivity index (χ4v) is 2.56. The first kappa shape index (κ1) is 11.6. The van der Waals surface area contributed by atoms with Crippen LogP contribution in [0.25, 0.3) is 11.0 Å². The predicted molar refractivity (Wildman–Crippen MR) is 73.6 cm³/mol. The normalized spacial score (nSPS) is 10.5. The second-order valence-corrected chi connectivity index (χ2v) is 4.93. The van der Waals surface area contributed by atoms with Gasteiger partial charge in [0.2, 0.25) is 0 Å². The molecule has 0 fully saturated rings. The number of aromatic amines is 1. The Hall–Kier alpha value is -2.52. The zero-order valence-corrected chi connectivity index (χ0v) is 10.6. The van der Waals surface area contributed by atoms with Crippen molar-refractivity contribution in [2.75, 3.05) is 5.73 Å². The van der Waals surface area contributed by atoms with Crippen LogP contribution < -0.4 is 5.73 Å². The molecule has 0 aliphatic heterocycles. The van der Waals surface area contributed by atoms with Crippen LogP contribution in [0.3, 0.4) is 0 Å². The number of nitrogens with zero attached hydrogens (tertiary/aromatic N) is 3. The molecule has 0 aliphatic rings. The van der Waals surface area contributed by atoms with Gasteiger partial charge in [0.1, 0.15) is 6.07 Å². The number of fused-ring (bicyclic) bond motifs is 1. The van der Waals surface area contributed by atoms with Gasteiger partial charge in [-0.05, 0) is 36.0 Å². The zero-order chi connectivity index (χ0) is 13.2. The molecule has 19 heavy (non-hydrogen) atoms.